The zero-order valence-electron chi connectivity index (χ0n) is 10.3. The van der Waals surface area contributed by atoms with E-state index in [0.717, 1.165) is 9.57 Å². The maximum absolute atomic E-state index is 11.8. The Morgan fingerprint density at radius 1 is 1.33 bits per heavy atom. The molecule has 7 nitrogen and oxygen atoms in total. The zero-order valence-corrected chi connectivity index (χ0v) is 11.1. The molecule has 0 aliphatic rings. The number of nitrogens with zero attached hydrogens (tertiary/aromatic N) is 4. The Balaban J connectivity index is 2.25. The summed E-state index contributed by atoms with van der Waals surface area (Å²) in [4.78, 5) is 23.3. The fourth-order valence-electron chi connectivity index (χ4n) is 1.54. The zero-order chi connectivity index (χ0) is 13.3. The largest absolute Gasteiger partial charge is 0.356 e. The lowest BCUT2D eigenvalue weighted by Crippen LogP contribution is -2.38. The van der Waals surface area contributed by atoms with Gasteiger partial charge >= 0.3 is 5.69 Å². The molecule has 0 atom stereocenters. The minimum Gasteiger partial charge on any atom is -0.356 e. The molecule has 2 rings (SSSR count). The summed E-state index contributed by atoms with van der Waals surface area (Å²) in [5, 5.41) is 12.3. The topological polar surface area (TPSA) is 81.8 Å². The molecule has 0 amide bonds. The molecule has 0 aliphatic heterocycles. The van der Waals surface area contributed by atoms with Crippen molar-refractivity contribution in [3.63, 3.8) is 0 Å². The molecule has 0 saturated carbocycles. The van der Waals surface area contributed by atoms with E-state index in [1.165, 1.54) is 29.1 Å². The SMILES string of the molecule is Cc1nnc(NCc2cn(C)c(=O)n(C)c2=O)s1. The molecule has 0 radical (unpaired) electrons. The first-order chi connectivity index (χ1) is 8.49. The van der Waals surface area contributed by atoms with Crippen molar-refractivity contribution in [2.24, 2.45) is 14.1 Å². The van der Waals surface area contributed by atoms with Crippen molar-refractivity contribution in [1.82, 2.24) is 19.3 Å². The van der Waals surface area contributed by atoms with Gasteiger partial charge in [0.15, 0.2) is 0 Å². The smallest absolute Gasteiger partial charge is 0.330 e. The van der Waals surface area contributed by atoms with E-state index in [0.29, 0.717) is 17.2 Å². The predicted octanol–water partition coefficient (Wildman–Crippen LogP) is -0.144. The number of hydrogen-bond donors (Lipinski definition) is 1. The van der Waals surface area contributed by atoms with Crippen LogP contribution in [0.1, 0.15) is 10.6 Å². The molecule has 18 heavy (non-hydrogen) atoms. The van der Waals surface area contributed by atoms with Gasteiger partial charge in [0.2, 0.25) is 5.13 Å². The molecule has 1 N–H and O–H groups in total. The van der Waals surface area contributed by atoms with Gasteiger partial charge in [-0.25, -0.2) is 4.79 Å². The van der Waals surface area contributed by atoms with Gasteiger partial charge in [0.05, 0.1) is 5.56 Å². The van der Waals surface area contributed by atoms with Crippen LogP contribution in [0, 0.1) is 6.92 Å². The fraction of sp³-hybridized carbons (Fsp3) is 0.400. The van der Waals surface area contributed by atoms with Crippen LogP contribution in [0.4, 0.5) is 5.13 Å². The highest BCUT2D eigenvalue weighted by atomic mass is 32.1. The molecular formula is C10H13N5O2S. The normalized spacial score (nSPS) is 10.6. The Labute approximate surface area is 107 Å². The Bertz CT molecular complexity index is 684. The number of anilines is 1. The van der Waals surface area contributed by atoms with E-state index >= 15 is 0 Å². The van der Waals surface area contributed by atoms with Gasteiger partial charge in [-0.1, -0.05) is 11.3 Å². The molecule has 2 aromatic rings. The summed E-state index contributed by atoms with van der Waals surface area (Å²) < 4.78 is 2.46. The summed E-state index contributed by atoms with van der Waals surface area (Å²) in [6.07, 6.45) is 1.53. The maximum Gasteiger partial charge on any atom is 0.330 e. The highest BCUT2D eigenvalue weighted by Gasteiger charge is 2.07. The first-order valence-electron chi connectivity index (χ1n) is 5.28. The van der Waals surface area contributed by atoms with E-state index in [4.69, 9.17) is 0 Å². The van der Waals surface area contributed by atoms with E-state index in [1.807, 2.05) is 6.92 Å². The van der Waals surface area contributed by atoms with Gasteiger partial charge in [-0.2, -0.15) is 0 Å². The lowest BCUT2D eigenvalue weighted by atomic mass is 10.3. The Kier molecular flexibility index (Phi) is 3.28. The average molecular weight is 267 g/mol. The van der Waals surface area contributed by atoms with Crippen molar-refractivity contribution >= 4 is 16.5 Å². The van der Waals surface area contributed by atoms with Crippen molar-refractivity contribution in [2.75, 3.05) is 5.32 Å². The van der Waals surface area contributed by atoms with Crippen LogP contribution in [0.3, 0.4) is 0 Å². The van der Waals surface area contributed by atoms with Crippen molar-refractivity contribution < 1.29 is 0 Å². The summed E-state index contributed by atoms with van der Waals surface area (Å²) >= 11 is 1.41. The molecule has 96 valence electrons. The van der Waals surface area contributed by atoms with Crippen LogP contribution in [-0.4, -0.2) is 19.3 Å². The molecule has 2 aromatic heterocycles. The van der Waals surface area contributed by atoms with Gasteiger partial charge < -0.3 is 9.88 Å². The average Bonchev–Trinajstić information content (AvgIpc) is 2.75. The van der Waals surface area contributed by atoms with Gasteiger partial charge in [0, 0.05) is 26.8 Å². The van der Waals surface area contributed by atoms with E-state index < -0.39 is 0 Å². The van der Waals surface area contributed by atoms with E-state index in [2.05, 4.69) is 15.5 Å². The number of rotatable bonds is 3. The summed E-state index contributed by atoms with van der Waals surface area (Å²) in [6, 6.07) is 0. The number of aryl methyl sites for hydroxylation is 2. The predicted molar refractivity (Wildman–Crippen MR) is 68.9 cm³/mol. The van der Waals surface area contributed by atoms with Crippen LogP contribution in [0.5, 0.6) is 0 Å². The first kappa shape index (κ1) is 12.5. The molecule has 0 unspecified atom stereocenters. The van der Waals surface area contributed by atoms with Gasteiger partial charge in [-0.3, -0.25) is 9.36 Å². The van der Waals surface area contributed by atoms with Crippen molar-refractivity contribution in [3.8, 4) is 0 Å². The second-order valence-corrected chi connectivity index (χ2v) is 5.07. The number of hydrogen-bond acceptors (Lipinski definition) is 6. The summed E-state index contributed by atoms with van der Waals surface area (Å²) in [7, 11) is 3.07. The lowest BCUT2D eigenvalue weighted by Gasteiger charge is -2.06. The molecule has 8 heteroatoms. The molecule has 0 saturated heterocycles. The summed E-state index contributed by atoms with van der Waals surface area (Å²) in [5.41, 5.74) is -0.130. The third-order valence-corrected chi connectivity index (χ3v) is 3.27. The van der Waals surface area contributed by atoms with Crippen LogP contribution in [-0.2, 0) is 20.6 Å². The van der Waals surface area contributed by atoms with Crippen molar-refractivity contribution in [2.45, 2.75) is 13.5 Å². The standard InChI is InChI=1S/C10H13N5O2S/c1-6-12-13-9(18-6)11-4-7-5-14(2)10(17)15(3)8(7)16/h5H,4H2,1-3H3,(H,11,13). The number of aromatic nitrogens is 4. The highest BCUT2D eigenvalue weighted by Crippen LogP contribution is 2.13. The highest BCUT2D eigenvalue weighted by molar-refractivity contribution is 7.15. The molecule has 0 fully saturated rings. The summed E-state index contributed by atoms with van der Waals surface area (Å²) in [5.74, 6) is 0. The molecule has 0 bridgehead atoms. The van der Waals surface area contributed by atoms with Crippen LogP contribution in [0.2, 0.25) is 0 Å². The van der Waals surface area contributed by atoms with Crippen LogP contribution < -0.4 is 16.6 Å². The minimum absolute atomic E-state index is 0.299. The quantitative estimate of drug-likeness (QED) is 0.836. The van der Waals surface area contributed by atoms with Crippen molar-refractivity contribution in [3.05, 3.63) is 37.6 Å². The van der Waals surface area contributed by atoms with E-state index in [-0.39, 0.29) is 11.2 Å². The van der Waals surface area contributed by atoms with E-state index in [1.54, 1.807) is 7.05 Å². The second kappa shape index (κ2) is 4.73. The van der Waals surface area contributed by atoms with Gasteiger partial charge in [-0.15, -0.1) is 10.2 Å². The van der Waals surface area contributed by atoms with Crippen molar-refractivity contribution in [1.29, 1.82) is 0 Å². The number of nitrogens with one attached hydrogen (secondary N) is 1. The molecule has 0 aromatic carbocycles. The maximum atomic E-state index is 11.8. The molecule has 2 heterocycles. The fourth-order valence-corrected chi connectivity index (χ4v) is 2.13. The third-order valence-electron chi connectivity index (χ3n) is 2.47. The second-order valence-electron chi connectivity index (χ2n) is 3.89. The Morgan fingerprint density at radius 3 is 2.67 bits per heavy atom. The molecule has 0 aliphatic carbocycles. The molecule has 0 spiro atoms. The Morgan fingerprint density at radius 2 is 2.06 bits per heavy atom. The van der Waals surface area contributed by atoms with Gasteiger partial charge in [0.25, 0.3) is 5.56 Å². The first-order valence-corrected chi connectivity index (χ1v) is 6.10. The van der Waals surface area contributed by atoms with Gasteiger partial charge in [-0.05, 0) is 6.92 Å². The molecular weight excluding hydrogens is 254 g/mol. The minimum atomic E-state index is -0.337. The Hall–Kier alpha value is -1.96. The third kappa shape index (κ3) is 2.33. The van der Waals surface area contributed by atoms with Crippen LogP contribution in [0.15, 0.2) is 15.8 Å². The van der Waals surface area contributed by atoms with Crippen LogP contribution >= 0.6 is 11.3 Å². The summed E-state index contributed by atoms with van der Waals surface area (Å²) in [6.45, 7) is 2.17. The van der Waals surface area contributed by atoms with Crippen LogP contribution in [0.25, 0.3) is 0 Å². The monoisotopic (exact) mass is 267 g/mol. The van der Waals surface area contributed by atoms with E-state index in [9.17, 15) is 9.59 Å². The van der Waals surface area contributed by atoms with Gasteiger partial charge in [0.1, 0.15) is 5.01 Å². The lowest BCUT2D eigenvalue weighted by molar-refractivity contribution is 0.671.